The van der Waals surface area contributed by atoms with Crippen molar-refractivity contribution in [1.29, 1.82) is 0 Å². The quantitative estimate of drug-likeness (QED) is 0.632. The van der Waals surface area contributed by atoms with Gasteiger partial charge in [0.05, 0.1) is 6.61 Å². The van der Waals surface area contributed by atoms with Crippen LogP contribution in [0.15, 0.2) is 0 Å². The van der Waals surface area contributed by atoms with Crippen LogP contribution in [0.2, 0.25) is 0 Å². The van der Waals surface area contributed by atoms with Crippen molar-refractivity contribution in [3.05, 3.63) is 0 Å². The lowest BCUT2D eigenvalue weighted by Crippen LogP contribution is -2.28. The standard InChI is InChI=1S/C7H13F3O/c1-6(2,3)5-11-7(9,10)4-8/h4-5H2,1-3H3. The van der Waals surface area contributed by atoms with E-state index in [1.165, 1.54) is 0 Å². The van der Waals surface area contributed by atoms with Gasteiger partial charge in [0, 0.05) is 0 Å². The normalized spacial score (nSPS) is 13.6. The van der Waals surface area contributed by atoms with E-state index in [9.17, 15) is 13.2 Å². The predicted molar refractivity (Wildman–Crippen MR) is 36.3 cm³/mol. The van der Waals surface area contributed by atoms with Crippen LogP contribution in [0.5, 0.6) is 0 Å². The molecule has 0 aromatic heterocycles. The molecule has 11 heavy (non-hydrogen) atoms. The zero-order chi connectivity index (χ0) is 9.12. The highest BCUT2D eigenvalue weighted by molar-refractivity contribution is 4.61. The van der Waals surface area contributed by atoms with Gasteiger partial charge in [0.2, 0.25) is 0 Å². The van der Waals surface area contributed by atoms with Crippen molar-refractivity contribution in [3.8, 4) is 0 Å². The molecular weight excluding hydrogens is 157 g/mol. The highest BCUT2D eigenvalue weighted by Crippen LogP contribution is 2.21. The monoisotopic (exact) mass is 170 g/mol. The molecule has 0 radical (unpaired) electrons. The van der Waals surface area contributed by atoms with Crippen molar-refractivity contribution >= 4 is 0 Å². The van der Waals surface area contributed by atoms with Gasteiger partial charge in [-0.1, -0.05) is 20.8 Å². The Labute approximate surface area is 64.5 Å². The van der Waals surface area contributed by atoms with E-state index in [0.29, 0.717) is 0 Å². The maximum Gasteiger partial charge on any atom is 0.384 e. The van der Waals surface area contributed by atoms with Crippen LogP contribution in [0.4, 0.5) is 13.2 Å². The van der Waals surface area contributed by atoms with Gasteiger partial charge in [0.25, 0.3) is 0 Å². The van der Waals surface area contributed by atoms with Crippen LogP contribution in [0, 0.1) is 5.41 Å². The first-order valence-corrected chi connectivity index (χ1v) is 3.35. The first kappa shape index (κ1) is 10.8. The summed E-state index contributed by atoms with van der Waals surface area (Å²) in [6.07, 6.45) is -3.62. The predicted octanol–water partition coefficient (Wildman–Crippen LogP) is 2.61. The molecule has 0 heterocycles. The summed E-state index contributed by atoms with van der Waals surface area (Å²) < 4.78 is 39.7. The Balaban J connectivity index is 3.70. The molecule has 0 aliphatic heterocycles. The zero-order valence-electron chi connectivity index (χ0n) is 6.96. The molecule has 1 nitrogen and oxygen atoms in total. The molecule has 0 aliphatic carbocycles. The number of alkyl halides is 3. The Morgan fingerprint density at radius 1 is 1.18 bits per heavy atom. The minimum Gasteiger partial charge on any atom is -0.318 e. The number of ether oxygens (including phenoxy) is 1. The minimum atomic E-state index is -3.62. The fourth-order valence-electron chi connectivity index (χ4n) is 0.361. The third kappa shape index (κ3) is 6.16. The fourth-order valence-corrected chi connectivity index (χ4v) is 0.361. The van der Waals surface area contributed by atoms with Crippen LogP contribution in [-0.4, -0.2) is 19.4 Å². The molecular formula is C7H13F3O. The highest BCUT2D eigenvalue weighted by Gasteiger charge is 2.31. The molecule has 4 heteroatoms. The molecule has 0 aliphatic rings. The summed E-state index contributed by atoms with van der Waals surface area (Å²) in [6, 6.07) is 0. The minimum absolute atomic E-state index is 0.149. The average molecular weight is 170 g/mol. The van der Waals surface area contributed by atoms with Gasteiger partial charge in [-0.05, 0) is 5.41 Å². The molecule has 0 aromatic carbocycles. The first-order valence-electron chi connectivity index (χ1n) is 3.35. The van der Waals surface area contributed by atoms with Gasteiger partial charge < -0.3 is 4.74 Å². The summed E-state index contributed by atoms with van der Waals surface area (Å²) in [5, 5.41) is 0. The Morgan fingerprint density at radius 2 is 1.64 bits per heavy atom. The second-order valence-electron chi connectivity index (χ2n) is 3.62. The van der Waals surface area contributed by atoms with Crippen molar-refractivity contribution in [3.63, 3.8) is 0 Å². The van der Waals surface area contributed by atoms with Crippen molar-refractivity contribution in [2.45, 2.75) is 26.9 Å². The lowest BCUT2D eigenvalue weighted by Gasteiger charge is -2.21. The van der Waals surface area contributed by atoms with E-state index in [-0.39, 0.29) is 12.0 Å². The van der Waals surface area contributed by atoms with Gasteiger partial charge in [0.15, 0.2) is 6.67 Å². The molecule has 0 rings (SSSR count). The molecule has 0 fully saturated rings. The molecule has 0 bridgehead atoms. The summed E-state index contributed by atoms with van der Waals surface area (Å²) in [7, 11) is 0. The van der Waals surface area contributed by atoms with E-state index in [2.05, 4.69) is 4.74 Å². The van der Waals surface area contributed by atoms with Crippen molar-refractivity contribution in [2.75, 3.05) is 13.3 Å². The highest BCUT2D eigenvalue weighted by atomic mass is 19.3. The maximum absolute atomic E-state index is 12.1. The summed E-state index contributed by atoms with van der Waals surface area (Å²) >= 11 is 0. The van der Waals surface area contributed by atoms with Crippen molar-refractivity contribution < 1.29 is 17.9 Å². The van der Waals surface area contributed by atoms with E-state index < -0.39 is 12.8 Å². The SMILES string of the molecule is CC(C)(C)COC(F)(F)CF. The van der Waals surface area contributed by atoms with Gasteiger partial charge in [-0.3, -0.25) is 0 Å². The molecule has 0 unspecified atom stereocenters. The Bertz CT molecular complexity index is 117. The topological polar surface area (TPSA) is 9.23 Å². The Kier molecular flexibility index (Phi) is 3.35. The van der Waals surface area contributed by atoms with Gasteiger partial charge in [0.1, 0.15) is 0 Å². The van der Waals surface area contributed by atoms with E-state index in [1.807, 2.05) is 0 Å². The lowest BCUT2D eigenvalue weighted by atomic mass is 9.99. The summed E-state index contributed by atoms with van der Waals surface area (Å²) in [5.74, 6) is 0. The molecule has 0 N–H and O–H groups in total. The average Bonchev–Trinajstić information content (AvgIpc) is 1.83. The fraction of sp³-hybridized carbons (Fsp3) is 1.00. The van der Waals surface area contributed by atoms with E-state index in [1.54, 1.807) is 20.8 Å². The van der Waals surface area contributed by atoms with Crippen molar-refractivity contribution in [2.24, 2.45) is 5.41 Å². The number of halogens is 3. The van der Waals surface area contributed by atoms with Gasteiger partial charge in [-0.25, -0.2) is 4.39 Å². The number of rotatable bonds is 3. The zero-order valence-corrected chi connectivity index (χ0v) is 6.96. The Morgan fingerprint density at radius 3 is 1.91 bits per heavy atom. The van der Waals surface area contributed by atoms with Gasteiger partial charge in [-0.15, -0.1) is 0 Å². The van der Waals surface area contributed by atoms with Crippen LogP contribution in [0.1, 0.15) is 20.8 Å². The van der Waals surface area contributed by atoms with Crippen molar-refractivity contribution in [1.82, 2.24) is 0 Å². The largest absolute Gasteiger partial charge is 0.384 e. The summed E-state index contributed by atoms with van der Waals surface area (Å²) in [4.78, 5) is 0. The summed E-state index contributed by atoms with van der Waals surface area (Å²) in [6.45, 7) is 3.30. The lowest BCUT2D eigenvalue weighted by molar-refractivity contribution is -0.256. The third-order valence-corrected chi connectivity index (χ3v) is 0.872. The van der Waals surface area contributed by atoms with Gasteiger partial charge in [-0.2, -0.15) is 8.78 Å². The van der Waals surface area contributed by atoms with Crippen LogP contribution in [0.25, 0.3) is 0 Å². The summed E-state index contributed by atoms with van der Waals surface area (Å²) in [5.41, 5.74) is -0.363. The van der Waals surface area contributed by atoms with Gasteiger partial charge >= 0.3 is 6.11 Å². The van der Waals surface area contributed by atoms with Crippen LogP contribution < -0.4 is 0 Å². The molecule has 0 atom stereocenters. The number of hydrogen-bond donors (Lipinski definition) is 0. The molecule has 0 saturated carbocycles. The van der Waals surface area contributed by atoms with E-state index in [4.69, 9.17) is 0 Å². The van der Waals surface area contributed by atoms with Crippen LogP contribution >= 0.6 is 0 Å². The second kappa shape index (κ2) is 3.43. The third-order valence-electron chi connectivity index (χ3n) is 0.872. The molecule has 68 valence electrons. The maximum atomic E-state index is 12.1. The smallest absolute Gasteiger partial charge is 0.318 e. The Hall–Kier alpha value is -0.250. The van der Waals surface area contributed by atoms with E-state index >= 15 is 0 Å². The number of hydrogen-bond acceptors (Lipinski definition) is 1. The van der Waals surface area contributed by atoms with E-state index in [0.717, 1.165) is 0 Å². The van der Waals surface area contributed by atoms with Crippen LogP contribution in [0.3, 0.4) is 0 Å². The molecule has 0 saturated heterocycles. The molecule has 0 aromatic rings. The molecule has 0 spiro atoms. The van der Waals surface area contributed by atoms with Crippen LogP contribution in [-0.2, 0) is 4.74 Å². The first-order chi connectivity index (χ1) is 4.77. The molecule has 0 amide bonds. The second-order valence-corrected chi connectivity index (χ2v) is 3.62.